The zero-order valence-corrected chi connectivity index (χ0v) is 18.8. The van der Waals surface area contributed by atoms with Crippen molar-refractivity contribution in [3.8, 4) is 11.5 Å². The van der Waals surface area contributed by atoms with Crippen LogP contribution >= 0.6 is 11.8 Å². The third-order valence-electron chi connectivity index (χ3n) is 5.02. The number of primary amides is 1. The van der Waals surface area contributed by atoms with Crippen molar-refractivity contribution in [2.45, 2.75) is 13.5 Å². The highest BCUT2D eigenvalue weighted by atomic mass is 32.2. The SMILES string of the molecule is CCOc1cc(/C=C2/SC(=O)N(Cc3cccc4ccccc34)C2=O)ccc1OCC(N)=O. The first kappa shape index (κ1) is 22.4. The molecule has 0 saturated carbocycles. The average molecular weight is 463 g/mol. The number of benzene rings is 3. The summed E-state index contributed by atoms with van der Waals surface area (Å²) in [5.74, 6) is -0.148. The number of ether oxygens (including phenoxy) is 2. The first-order valence-electron chi connectivity index (χ1n) is 10.4. The maximum absolute atomic E-state index is 13.0. The molecule has 7 nitrogen and oxygen atoms in total. The van der Waals surface area contributed by atoms with Crippen molar-refractivity contribution in [3.05, 3.63) is 76.7 Å². The number of nitrogens with zero attached hydrogens (tertiary/aromatic N) is 1. The normalized spacial score (nSPS) is 14.8. The fourth-order valence-corrected chi connectivity index (χ4v) is 4.38. The number of rotatable bonds is 8. The summed E-state index contributed by atoms with van der Waals surface area (Å²) in [5.41, 5.74) is 6.71. The van der Waals surface area contributed by atoms with Gasteiger partial charge in [-0.3, -0.25) is 19.3 Å². The molecule has 0 aliphatic carbocycles. The lowest BCUT2D eigenvalue weighted by atomic mass is 10.0. The van der Waals surface area contributed by atoms with Crippen LogP contribution in [0, 0.1) is 0 Å². The lowest BCUT2D eigenvalue weighted by Crippen LogP contribution is -2.27. The first-order chi connectivity index (χ1) is 16.0. The van der Waals surface area contributed by atoms with E-state index in [0.29, 0.717) is 28.6 Å². The zero-order valence-electron chi connectivity index (χ0n) is 17.9. The summed E-state index contributed by atoms with van der Waals surface area (Å²) in [4.78, 5) is 38.3. The molecule has 1 aliphatic rings. The molecule has 0 bridgehead atoms. The first-order valence-corrected chi connectivity index (χ1v) is 11.2. The van der Waals surface area contributed by atoms with E-state index in [9.17, 15) is 14.4 Å². The zero-order chi connectivity index (χ0) is 23.4. The second kappa shape index (κ2) is 9.79. The highest BCUT2D eigenvalue weighted by Gasteiger charge is 2.35. The van der Waals surface area contributed by atoms with Gasteiger partial charge in [0.1, 0.15) is 0 Å². The summed E-state index contributed by atoms with van der Waals surface area (Å²) < 4.78 is 11.0. The van der Waals surface area contributed by atoms with E-state index in [1.165, 1.54) is 4.90 Å². The Bertz CT molecular complexity index is 1270. The molecule has 0 unspecified atom stereocenters. The van der Waals surface area contributed by atoms with Gasteiger partial charge in [0.15, 0.2) is 18.1 Å². The van der Waals surface area contributed by atoms with Crippen LogP contribution in [0.25, 0.3) is 16.8 Å². The van der Waals surface area contributed by atoms with Crippen LogP contribution in [0.5, 0.6) is 11.5 Å². The summed E-state index contributed by atoms with van der Waals surface area (Å²) in [7, 11) is 0. The van der Waals surface area contributed by atoms with Gasteiger partial charge in [-0.05, 0) is 58.8 Å². The molecule has 1 fully saturated rings. The van der Waals surface area contributed by atoms with Crippen LogP contribution in [0.1, 0.15) is 18.1 Å². The Morgan fingerprint density at radius 1 is 1.03 bits per heavy atom. The number of carbonyl (C=O) groups excluding carboxylic acids is 3. The van der Waals surface area contributed by atoms with Crippen molar-refractivity contribution in [2.75, 3.05) is 13.2 Å². The molecule has 0 aromatic heterocycles. The molecule has 0 spiro atoms. The van der Waals surface area contributed by atoms with E-state index in [1.807, 2.05) is 49.4 Å². The highest BCUT2D eigenvalue weighted by molar-refractivity contribution is 8.18. The van der Waals surface area contributed by atoms with Crippen molar-refractivity contribution in [3.63, 3.8) is 0 Å². The Kier molecular flexibility index (Phi) is 6.65. The van der Waals surface area contributed by atoms with Gasteiger partial charge >= 0.3 is 0 Å². The van der Waals surface area contributed by atoms with Gasteiger partial charge in [-0.25, -0.2) is 0 Å². The highest BCUT2D eigenvalue weighted by Crippen LogP contribution is 2.36. The van der Waals surface area contributed by atoms with E-state index < -0.39 is 5.91 Å². The van der Waals surface area contributed by atoms with Gasteiger partial charge in [0.2, 0.25) is 0 Å². The van der Waals surface area contributed by atoms with E-state index in [4.69, 9.17) is 15.2 Å². The number of hydrogen-bond donors (Lipinski definition) is 1. The average Bonchev–Trinajstić information content (AvgIpc) is 3.06. The van der Waals surface area contributed by atoms with Crippen LogP contribution in [0.4, 0.5) is 4.79 Å². The van der Waals surface area contributed by atoms with Crippen molar-refractivity contribution in [1.82, 2.24) is 4.90 Å². The van der Waals surface area contributed by atoms with Gasteiger partial charge < -0.3 is 15.2 Å². The molecule has 8 heteroatoms. The summed E-state index contributed by atoms with van der Waals surface area (Å²) in [6, 6.07) is 18.8. The Hall–Kier alpha value is -3.78. The Morgan fingerprint density at radius 3 is 2.61 bits per heavy atom. The van der Waals surface area contributed by atoms with Gasteiger partial charge in [-0.15, -0.1) is 0 Å². The molecule has 4 rings (SSSR count). The molecule has 0 radical (unpaired) electrons. The fraction of sp³-hybridized carbons (Fsp3) is 0.160. The van der Waals surface area contributed by atoms with Gasteiger partial charge in [0, 0.05) is 0 Å². The molecule has 168 valence electrons. The molecule has 3 amide bonds. The lowest BCUT2D eigenvalue weighted by Gasteiger charge is -2.14. The smallest absolute Gasteiger partial charge is 0.293 e. The van der Waals surface area contributed by atoms with E-state index in [0.717, 1.165) is 28.1 Å². The number of hydrogen-bond acceptors (Lipinski definition) is 6. The van der Waals surface area contributed by atoms with E-state index in [1.54, 1.807) is 24.3 Å². The fourth-order valence-electron chi connectivity index (χ4n) is 3.54. The van der Waals surface area contributed by atoms with Gasteiger partial charge in [-0.1, -0.05) is 48.5 Å². The Balaban J connectivity index is 1.57. The number of carbonyl (C=O) groups is 3. The topological polar surface area (TPSA) is 98.9 Å². The minimum absolute atomic E-state index is 0.202. The standard InChI is InChI=1S/C25H22N2O5S/c1-2-31-21-12-16(10-11-20(21)32-15-23(26)28)13-22-24(29)27(25(30)33-22)14-18-8-5-7-17-6-3-4-9-19(17)18/h3-13H,2,14-15H2,1H3,(H2,26,28)/b22-13+. The second-order valence-electron chi connectivity index (χ2n) is 7.30. The molecular weight excluding hydrogens is 440 g/mol. The van der Waals surface area contributed by atoms with Gasteiger partial charge in [0.25, 0.3) is 17.1 Å². The molecule has 1 aliphatic heterocycles. The number of nitrogens with two attached hydrogens (primary N) is 1. The van der Waals surface area contributed by atoms with E-state index in [2.05, 4.69) is 0 Å². The quantitative estimate of drug-likeness (QED) is 0.500. The predicted molar refractivity (Wildman–Crippen MR) is 128 cm³/mol. The predicted octanol–water partition coefficient (Wildman–Crippen LogP) is 4.34. The van der Waals surface area contributed by atoms with Crippen LogP contribution in [-0.4, -0.2) is 35.2 Å². The number of amides is 3. The summed E-state index contributed by atoms with van der Waals surface area (Å²) in [6.45, 7) is 2.14. The number of thioether (sulfide) groups is 1. The van der Waals surface area contributed by atoms with Crippen molar-refractivity contribution in [1.29, 1.82) is 0 Å². The second-order valence-corrected chi connectivity index (χ2v) is 8.29. The summed E-state index contributed by atoms with van der Waals surface area (Å²) in [6.07, 6.45) is 1.65. The van der Waals surface area contributed by atoms with Gasteiger partial charge in [0.05, 0.1) is 18.1 Å². The maximum Gasteiger partial charge on any atom is 0.293 e. The van der Waals surface area contributed by atoms with Crippen LogP contribution < -0.4 is 15.2 Å². The summed E-state index contributed by atoms with van der Waals surface area (Å²) >= 11 is 0.904. The summed E-state index contributed by atoms with van der Waals surface area (Å²) in [5, 5.41) is 1.75. The van der Waals surface area contributed by atoms with E-state index in [-0.39, 0.29) is 24.3 Å². The third kappa shape index (κ3) is 5.01. The van der Waals surface area contributed by atoms with E-state index >= 15 is 0 Å². The largest absolute Gasteiger partial charge is 0.490 e. The molecule has 33 heavy (non-hydrogen) atoms. The van der Waals surface area contributed by atoms with Crippen LogP contribution in [0.3, 0.4) is 0 Å². The molecule has 3 aromatic rings. The number of imide groups is 1. The Labute approximate surface area is 195 Å². The third-order valence-corrected chi connectivity index (χ3v) is 5.92. The van der Waals surface area contributed by atoms with Crippen LogP contribution in [0.2, 0.25) is 0 Å². The van der Waals surface area contributed by atoms with Crippen LogP contribution in [0.15, 0.2) is 65.6 Å². The minimum atomic E-state index is -0.596. The van der Waals surface area contributed by atoms with Crippen LogP contribution in [-0.2, 0) is 16.1 Å². The monoisotopic (exact) mass is 462 g/mol. The molecular formula is C25H22N2O5S. The van der Waals surface area contributed by atoms with Crippen molar-refractivity contribution >= 4 is 45.7 Å². The Morgan fingerprint density at radius 2 is 1.82 bits per heavy atom. The minimum Gasteiger partial charge on any atom is -0.490 e. The molecule has 3 aromatic carbocycles. The lowest BCUT2D eigenvalue weighted by molar-refractivity contribution is -0.123. The van der Waals surface area contributed by atoms with Gasteiger partial charge in [-0.2, -0.15) is 0 Å². The van der Waals surface area contributed by atoms with Crippen molar-refractivity contribution in [2.24, 2.45) is 5.73 Å². The number of fused-ring (bicyclic) bond motifs is 1. The molecule has 0 atom stereocenters. The molecule has 1 saturated heterocycles. The van der Waals surface area contributed by atoms with Crippen molar-refractivity contribution < 1.29 is 23.9 Å². The maximum atomic E-state index is 13.0. The molecule has 1 heterocycles. The molecule has 2 N–H and O–H groups in total.